The first-order valence-corrected chi connectivity index (χ1v) is 10.0. The number of carbonyl (C=O) groups excluding carboxylic acids is 1. The van der Waals surface area contributed by atoms with Crippen molar-refractivity contribution in [3.05, 3.63) is 70.6 Å². The molecule has 1 fully saturated rings. The molecule has 3 aromatic rings. The number of carbonyl (C=O) groups is 1. The average molecular weight is 391 g/mol. The molecule has 4 rings (SSSR count). The first-order chi connectivity index (χ1) is 14.2. The molecule has 150 valence electrons. The monoisotopic (exact) mass is 391 g/mol. The summed E-state index contributed by atoms with van der Waals surface area (Å²) in [5.74, 6) is -0.797. The normalized spacial score (nSPS) is 20.7. The smallest absolute Gasteiger partial charge is 0.326 e. The van der Waals surface area contributed by atoms with Crippen LogP contribution < -0.4 is 5.69 Å². The van der Waals surface area contributed by atoms with Gasteiger partial charge in [0.2, 0.25) is 0 Å². The number of fused-ring (bicyclic) bond motifs is 1. The van der Waals surface area contributed by atoms with Crippen molar-refractivity contribution < 1.29 is 9.53 Å². The Bertz CT molecular complexity index is 1060. The number of H-pyrrole nitrogens is 1. The number of nitrogens with zero attached hydrogens (tertiary/aromatic N) is 2. The molecule has 0 aliphatic heterocycles. The highest BCUT2D eigenvalue weighted by atomic mass is 16.5. The Morgan fingerprint density at radius 3 is 2.52 bits per heavy atom. The number of esters is 1. The van der Waals surface area contributed by atoms with Crippen molar-refractivity contribution in [2.75, 3.05) is 7.11 Å². The van der Waals surface area contributed by atoms with E-state index in [9.17, 15) is 9.59 Å². The van der Waals surface area contributed by atoms with Gasteiger partial charge < -0.3 is 9.72 Å². The third-order valence-corrected chi connectivity index (χ3v) is 5.72. The zero-order chi connectivity index (χ0) is 20.2. The summed E-state index contributed by atoms with van der Waals surface area (Å²) in [5.41, 5.74) is 2.66. The number of hydrogen-bond acceptors (Lipinski definition) is 4. The maximum Gasteiger partial charge on any atom is 0.326 e. The van der Waals surface area contributed by atoms with Crippen molar-refractivity contribution >= 4 is 23.2 Å². The molecule has 0 amide bonds. The average Bonchev–Trinajstić information content (AvgIpc) is 3.10. The lowest BCUT2D eigenvalue weighted by Gasteiger charge is -2.27. The number of aliphatic imine (C=N–C) groups is 1. The van der Waals surface area contributed by atoms with Gasteiger partial charge in [-0.3, -0.25) is 14.4 Å². The summed E-state index contributed by atoms with van der Waals surface area (Å²) < 4.78 is 6.84. The maximum absolute atomic E-state index is 12.4. The second-order valence-electron chi connectivity index (χ2n) is 7.49. The Kier molecular flexibility index (Phi) is 5.60. The fourth-order valence-electron chi connectivity index (χ4n) is 4.18. The van der Waals surface area contributed by atoms with Gasteiger partial charge in [-0.05, 0) is 43.4 Å². The van der Waals surface area contributed by atoms with E-state index in [4.69, 9.17) is 9.73 Å². The lowest BCUT2D eigenvalue weighted by Crippen LogP contribution is -2.27. The van der Waals surface area contributed by atoms with Crippen molar-refractivity contribution in [3.63, 3.8) is 0 Å². The number of methoxy groups -OCH3 is 1. The molecule has 1 N–H and O–H groups in total. The van der Waals surface area contributed by atoms with E-state index in [-0.39, 0.29) is 23.7 Å². The molecular weight excluding hydrogens is 366 g/mol. The highest BCUT2D eigenvalue weighted by Gasteiger charge is 2.25. The number of ether oxygens (including phenoxy) is 1. The highest BCUT2D eigenvalue weighted by molar-refractivity contribution is 5.96. The fourth-order valence-corrected chi connectivity index (χ4v) is 4.18. The number of nitrogens with one attached hydrogen (secondary N) is 1. The molecule has 1 saturated carbocycles. The Labute approximate surface area is 169 Å². The van der Waals surface area contributed by atoms with Gasteiger partial charge in [-0.25, -0.2) is 4.79 Å². The van der Waals surface area contributed by atoms with Crippen LogP contribution in [0, 0.1) is 0 Å². The second-order valence-corrected chi connectivity index (χ2v) is 7.49. The van der Waals surface area contributed by atoms with Gasteiger partial charge in [0, 0.05) is 18.3 Å². The van der Waals surface area contributed by atoms with Crippen molar-refractivity contribution in [1.29, 1.82) is 0 Å². The summed E-state index contributed by atoms with van der Waals surface area (Å²) in [6, 6.07) is 17.7. The van der Waals surface area contributed by atoms with Gasteiger partial charge >= 0.3 is 11.7 Å². The zero-order valence-electron chi connectivity index (χ0n) is 16.5. The SMILES string of the molecule is COC(=O)C(C=NC1CCC(n2c(=O)[nH]c3ccccc32)CC1)c1ccccc1. The van der Waals surface area contributed by atoms with Crippen LogP contribution in [0.15, 0.2) is 64.4 Å². The number of aromatic nitrogens is 2. The van der Waals surface area contributed by atoms with Crippen LogP contribution in [-0.2, 0) is 9.53 Å². The summed E-state index contributed by atoms with van der Waals surface area (Å²) in [4.78, 5) is 32.3. The van der Waals surface area contributed by atoms with Crippen molar-refractivity contribution in [2.24, 2.45) is 4.99 Å². The van der Waals surface area contributed by atoms with Gasteiger partial charge in [-0.1, -0.05) is 42.5 Å². The van der Waals surface area contributed by atoms with Crippen LogP contribution in [0.2, 0.25) is 0 Å². The van der Waals surface area contributed by atoms with E-state index in [1.165, 1.54) is 7.11 Å². The van der Waals surface area contributed by atoms with Crippen molar-refractivity contribution in [1.82, 2.24) is 9.55 Å². The molecule has 29 heavy (non-hydrogen) atoms. The first-order valence-electron chi connectivity index (χ1n) is 10.0. The lowest BCUT2D eigenvalue weighted by atomic mass is 9.91. The lowest BCUT2D eigenvalue weighted by molar-refractivity contribution is -0.140. The van der Waals surface area contributed by atoms with Gasteiger partial charge in [0.1, 0.15) is 5.92 Å². The first kappa shape index (κ1) is 19.2. The molecule has 1 aromatic heterocycles. The Balaban J connectivity index is 1.46. The van der Waals surface area contributed by atoms with Crippen LogP contribution in [0.3, 0.4) is 0 Å². The van der Waals surface area contributed by atoms with Crippen molar-refractivity contribution in [2.45, 2.75) is 43.7 Å². The number of hydrogen-bond donors (Lipinski definition) is 1. The molecule has 1 heterocycles. The molecule has 6 nitrogen and oxygen atoms in total. The summed E-state index contributed by atoms with van der Waals surface area (Å²) in [7, 11) is 1.40. The predicted octanol–water partition coefficient (Wildman–Crippen LogP) is 3.84. The van der Waals surface area contributed by atoms with Crippen LogP contribution in [0.5, 0.6) is 0 Å². The molecule has 0 radical (unpaired) electrons. The topological polar surface area (TPSA) is 76.4 Å². The number of para-hydroxylation sites is 2. The minimum Gasteiger partial charge on any atom is -0.468 e. The Hall–Kier alpha value is -3.15. The van der Waals surface area contributed by atoms with Gasteiger partial charge in [0.15, 0.2) is 0 Å². The Morgan fingerprint density at radius 1 is 1.10 bits per heavy atom. The third-order valence-electron chi connectivity index (χ3n) is 5.72. The van der Waals surface area contributed by atoms with E-state index in [1.807, 2.05) is 59.2 Å². The molecule has 1 atom stereocenters. The van der Waals surface area contributed by atoms with E-state index in [2.05, 4.69) is 4.98 Å². The molecule has 0 saturated heterocycles. The number of aromatic amines is 1. The van der Waals surface area contributed by atoms with Gasteiger partial charge in [0.25, 0.3) is 0 Å². The van der Waals surface area contributed by atoms with E-state index in [1.54, 1.807) is 6.21 Å². The number of benzene rings is 2. The minimum absolute atomic E-state index is 0.0482. The largest absolute Gasteiger partial charge is 0.468 e. The summed E-state index contributed by atoms with van der Waals surface area (Å²) >= 11 is 0. The van der Waals surface area contributed by atoms with Crippen LogP contribution >= 0.6 is 0 Å². The molecule has 1 unspecified atom stereocenters. The van der Waals surface area contributed by atoms with Crippen LogP contribution in [0.25, 0.3) is 11.0 Å². The molecule has 6 heteroatoms. The summed E-state index contributed by atoms with van der Waals surface area (Å²) in [6.07, 6.45) is 5.27. The van der Waals surface area contributed by atoms with Gasteiger partial charge in [0.05, 0.1) is 18.1 Å². The van der Waals surface area contributed by atoms with Crippen LogP contribution in [-0.4, -0.2) is 34.9 Å². The van der Waals surface area contributed by atoms with Gasteiger partial charge in [-0.2, -0.15) is 0 Å². The molecule has 0 spiro atoms. The quantitative estimate of drug-likeness (QED) is 0.530. The number of rotatable bonds is 5. The van der Waals surface area contributed by atoms with Gasteiger partial charge in [-0.15, -0.1) is 0 Å². The maximum atomic E-state index is 12.4. The zero-order valence-corrected chi connectivity index (χ0v) is 16.5. The summed E-state index contributed by atoms with van der Waals surface area (Å²) in [6.45, 7) is 0. The molecule has 0 bridgehead atoms. The highest BCUT2D eigenvalue weighted by Crippen LogP contribution is 2.31. The molecule has 1 aliphatic rings. The van der Waals surface area contributed by atoms with Crippen molar-refractivity contribution in [3.8, 4) is 0 Å². The van der Waals surface area contributed by atoms with Crippen LogP contribution in [0.4, 0.5) is 0 Å². The standard InChI is InChI=1S/C23H25N3O3/c1-29-22(27)19(16-7-3-2-4-8-16)15-24-17-11-13-18(14-12-17)26-21-10-6-5-9-20(21)25-23(26)28/h2-10,15,17-19H,11-14H2,1H3,(H,25,28). The molecule has 1 aliphatic carbocycles. The van der Waals surface area contributed by atoms with E-state index in [0.29, 0.717) is 0 Å². The fraction of sp³-hybridized carbons (Fsp3) is 0.348. The molecule has 2 aromatic carbocycles. The third kappa shape index (κ3) is 4.01. The van der Waals surface area contributed by atoms with E-state index in [0.717, 1.165) is 42.3 Å². The number of imidazole rings is 1. The van der Waals surface area contributed by atoms with E-state index >= 15 is 0 Å². The Morgan fingerprint density at radius 2 is 1.79 bits per heavy atom. The van der Waals surface area contributed by atoms with Crippen LogP contribution in [0.1, 0.15) is 43.2 Å². The minimum atomic E-state index is -0.491. The predicted molar refractivity (Wildman–Crippen MR) is 114 cm³/mol. The summed E-state index contributed by atoms with van der Waals surface area (Å²) in [5, 5.41) is 0. The van der Waals surface area contributed by atoms with E-state index < -0.39 is 5.92 Å². The second kappa shape index (κ2) is 8.47. The molecular formula is C23H25N3O3.